The summed E-state index contributed by atoms with van der Waals surface area (Å²) in [5.41, 5.74) is 3.36. The molecule has 0 aromatic heterocycles. The van der Waals surface area contributed by atoms with Crippen LogP contribution in [0.25, 0.3) is 0 Å². The van der Waals surface area contributed by atoms with Gasteiger partial charge in [0.15, 0.2) is 0 Å². The lowest BCUT2D eigenvalue weighted by Gasteiger charge is -2.50. The second-order valence-corrected chi connectivity index (χ2v) is 17.0. The lowest BCUT2D eigenvalue weighted by Crippen LogP contribution is -2.46. The Hall–Kier alpha value is -0.843. The molecule has 1 saturated heterocycles. The van der Waals surface area contributed by atoms with E-state index < -0.39 is 8.32 Å². The molecule has 1 aromatic carbocycles. The van der Waals surface area contributed by atoms with Crippen LogP contribution in [0.2, 0.25) is 18.1 Å². The van der Waals surface area contributed by atoms with E-state index in [-0.39, 0.29) is 28.8 Å². The van der Waals surface area contributed by atoms with E-state index in [0.717, 1.165) is 24.0 Å². The first-order chi connectivity index (χ1) is 14.0. The van der Waals surface area contributed by atoms with Gasteiger partial charge in [-0.1, -0.05) is 33.8 Å². The lowest BCUT2D eigenvalue weighted by molar-refractivity contribution is 0.0119. The van der Waals surface area contributed by atoms with E-state index in [1.54, 1.807) is 5.56 Å². The molecule has 0 radical (unpaired) electrons. The Morgan fingerprint density at radius 1 is 1.17 bits per heavy atom. The van der Waals surface area contributed by atoms with E-state index in [2.05, 4.69) is 59.0 Å². The van der Waals surface area contributed by atoms with Gasteiger partial charge in [0, 0.05) is 5.41 Å². The summed E-state index contributed by atoms with van der Waals surface area (Å²) in [6.45, 7) is 14.3. The molecular weight excluding hydrogens is 388 g/mol. The normalized spacial score (nSPS) is 40.0. The highest BCUT2D eigenvalue weighted by atomic mass is 28.4. The van der Waals surface area contributed by atoms with Crippen LogP contribution in [0, 0.1) is 17.3 Å². The van der Waals surface area contributed by atoms with Gasteiger partial charge in [0.05, 0.1) is 6.61 Å². The van der Waals surface area contributed by atoms with Crippen molar-refractivity contribution in [1.82, 2.24) is 0 Å². The van der Waals surface area contributed by atoms with Gasteiger partial charge in [-0.3, -0.25) is 0 Å². The molecule has 1 N–H and O–H groups in total. The minimum absolute atomic E-state index is 0.0153. The Balaban J connectivity index is 1.38. The summed E-state index contributed by atoms with van der Waals surface area (Å²) in [5.74, 6) is 3.28. The molecule has 3 nitrogen and oxygen atoms in total. The van der Waals surface area contributed by atoms with E-state index in [9.17, 15) is 5.11 Å². The quantitative estimate of drug-likeness (QED) is 0.470. The van der Waals surface area contributed by atoms with Gasteiger partial charge in [0.2, 0.25) is 8.32 Å². The van der Waals surface area contributed by atoms with Crippen LogP contribution in [0.15, 0.2) is 18.2 Å². The number of benzene rings is 1. The van der Waals surface area contributed by atoms with Crippen LogP contribution in [0.5, 0.6) is 5.75 Å². The molecule has 1 aromatic rings. The Bertz CT molecular complexity index is 843. The number of aliphatic hydroxyl groups excluding tert-OH is 1. The predicted molar refractivity (Wildman–Crippen MR) is 124 cm³/mol. The van der Waals surface area contributed by atoms with Gasteiger partial charge in [-0.05, 0) is 97.7 Å². The molecule has 1 aliphatic heterocycles. The number of rotatable bonds is 3. The minimum Gasteiger partial charge on any atom is -0.543 e. The van der Waals surface area contributed by atoms with E-state index in [1.165, 1.54) is 37.7 Å². The van der Waals surface area contributed by atoms with Gasteiger partial charge < -0.3 is 14.3 Å². The van der Waals surface area contributed by atoms with Crippen LogP contribution >= 0.6 is 0 Å². The molecule has 3 aliphatic carbocycles. The molecule has 1 heterocycles. The topological polar surface area (TPSA) is 42.0 Å². The maximum Gasteiger partial charge on any atom is 0.250 e. The fourth-order valence-electron chi connectivity index (χ4n) is 7.23. The highest BCUT2D eigenvalue weighted by molar-refractivity contribution is 6.74. The SMILES string of the molecule is CC(C)(C)[Si](C)(C)Oc1ccc2c(c1)CC[C@@H]1[C@@H]2CC[C@@]2(C)[C@H]1CC[C@]21O[C@H]1CO. The largest absolute Gasteiger partial charge is 0.543 e. The van der Waals surface area contributed by atoms with E-state index in [0.29, 0.717) is 5.92 Å². The predicted octanol–water partition coefficient (Wildman–Crippen LogP) is 6.06. The summed E-state index contributed by atoms with van der Waals surface area (Å²) < 4.78 is 12.8. The summed E-state index contributed by atoms with van der Waals surface area (Å²) in [6.07, 6.45) is 7.48. The first kappa shape index (κ1) is 21.0. The van der Waals surface area contributed by atoms with Crippen molar-refractivity contribution in [2.45, 2.75) is 102 Å². The zero-order valence-corrected chi connectivity index (χ0v) is 20.8. The highest BCUT2D eigenvalue weighted by Gasteiger charge is 2.73. The third-order valence-corrected chi connectivity index (χ3v) is 14.4. The van der Waals surface area contributed by atoms with Crippen molar-refractivity contribution in [2.24, 2.45) is 17.3 Å². The van der Waals surface area contributed by atoms with Crippen LogP contribution < -0.4 is 4.43 Å². The Labute approximate surface area is 183 Å². The standard InChI is InChI=1S/C26H40O3Si/c1-24(2,3)30(5,6)29-18-8-10-19-17(15-18)7-9-21-20(19)11-13-25(4)22(21)12-14-26(25)23(16-27)28-26/h8,10,15,20-23,27H,7,9,11-14,16H2,1-6H3/t20-,21-,22+,23+,25+,26-/m1/s1. The molecule has 5 rings (SSSR count). The third kappa shape index (κ3) is 2.82. The van der Waals surface area contributed by atoms with Gasteiger partial charge in [-0.25, -0.2) is 0 Å². The minimum atomic E-state index is -1.81. The zero-order chi connectivity index (χ0) is 21.5. The molecule has 6 atom stereocenters. The maximum atomic E-state index is 9.72. The second-order valence-electron chi connectivity index (χ2n) is 12.3. The molecule has 4 heteroatoms. The van der Waals surface area contributed by atoms with Crippen molar-refractivity contribution >= 4 is 8.32 Å². The summed E-state index contributed by atoms with van der Waals surface area (Å²) in [4.78, 5) is 0. The number of aliphatic hydroxyl groups is 1. The fraction of sp³-hybridized carbons (Fsp3) is 0.769. The number of ether oxygens (including phenoxy) is 1. The molecule has 0 amide bonds. The Morgan fingerprint density at radius 2 is 1.93 bits per heavy atom. The number of hydrogen-bond donors (Lipinski definition) is 1. The third-order valence-electron chi connectivity index (χ3n) is 10.0. The van der Waals surface area contributed by atoms with Gasteiger partial charge in [0.1, 0.15) is 17.5 Å². The summed E-state index contributed by atoms with van der Waals surface area (Å²) >= 11 is 0. The Kier molecular flexibility index (Phi) is 4.62. The van der Waals surface area contributed by atoms with E-state index in [1.807, 2.05) is 0 Å². The first-order valence-electron chi connectivity index (χ1n) is 12.1. The highest BCUT2D eigenvalue weighted by Crippen LogP contribution is 2.71. The van der Waals surface area contributed by atoms with Crippen LogP contribution in [0.3, 0.4) is 0 Å². The summed E-state index contributed by atoms with van der Waals surface area (Å²) in [7, 11) is -1.81. The smallest absolute Gasteiger partial charge is 0.250 e. The molecule has 30 heavy (non-hydrogen) atoms. The van der Waals surface area contributed by atoms with Gasteiger partial charge >= 0.3 is 0 Å². The van der Waals surface area contributed by atoms with Crippen LogP contribution in [0.4, 0.5) is 0 Å². The lowest BCUT2D eigenvalue weighted by atomic mass is 9.53. The average Bonchev–Trinajstić information content (AvgIpc) is 3.32. The maximum absolute atomic E-state index is 9.72. The molecule has 4 aliphatic rings. The zero-order valence-electron chi connectivity index (χ0n) is 19.8. The number of aryl methyl sites for hydroxylation is 1. The fourth-order valence-corrected chi connectivity index (χ4v) is 8.25. The molecular formula is C26H40O3Si. The average molecular weight is 429 g/mol. The number of hydrogen-bond acceptors (Lipinski definition) is 3. The van der Waals surface area contributed by atoms with Gasteiger partial charge in [-0.15, -0.1) is 0 Å². The van der Waals surface area contributed by atoms with Crippen molar-refractivity contribution in [3.8, 4) is 5.75 Å². The van der Waals surface area contributed by atoms with E-state index in [4.69, 9.17) is 9.16 Å². The van der Waals surface area contributed by atoms with Crippen LogP contribution in [-0.4, -0.2) is 31.7 Å². The number of epoxide rings is 1. The monoisotopic (exact) mass is 428 g/mol. The molecule has 0 bridgehead atoms. The van der Waals surface area contributed by atoms with Crippen molar-refractivity contribution in [3.05, 3.63) is 29.3 Å². The number of fused-ring (bicyclic) bond motifs is 6. The van der Waals surface area contributed by atoms with Gasteiger partial charge in [-0.2, -0.15) is 0 Å². The molecule has 1 spiro atoms. The second kappa shape index (κ2) is 6.58. The van der Waals surface area contributed by atoms with E-state index >= 15 is 0 Å². The van der Waals surface area contributed by atoms with Crippen molar-refractivity contribution < 1.29 is 14.3 Å². The first-order valence-corrected chi connectivity index (χ1v) is 15.0. The Morgan fingerprint density at radius 3 is 2.60 bits per heavy atom. The van der Waals surface area contributed by atoms with Crippen molar-refractivity contribution in [3.63, 3.8) is 0 Å². The summed E-state index contributed by atoms with van der Waals surface area (Å²) in [5, 5.41) is 9.94. The van der Waals surface area contributed by atoms with Crippen molar-refractivity contribution in [1.29, 1.82) is 0 Å². The molecule has 166 valence electrons. The molecule has 2 saturated carbocycles. The van der Waals surface area contributed by atoms with Crippen LogP contribution in [-0.2, 0) is 11.2 Å². The van der Waals surface area contributed by atoms with Crippen molar-refractivity contribution in [2.75, 3.05) is 6.61 Å². The summed E-state index contributed by atoms with van der Waals surface area (Å²) in [6, 6.07) is 7.01. The molecule has 3 fully saturated rings. The molecule has 0 unspecified atom stereocenters. The van der Waals surface area contributed by atoms with Gasteiger partial charge in [0.25, 0.3) is 0 Å². The van der Waals surface area contributed by atoms with Crippen LogP contribution in [0.1, 0.15) is 76.8 Å².